The van der Waals surface area contributed by atoms with E-state index in [-0.39, 0.29) is 21.1 Å². The second kappa shape index (κ2) is 7.50. The van der Waals surface area contributed by atoms with Crippen molar-refractivity contribution in [3.05, 3.63) is 0 Å². The van der Waals surface area contributed by atoms with Crippen molar-refractivity contribution in [1.29, 1.82) is 0 Å². The molecule has 1 aliphatic heterocycles. The van der Waals surface area contributed by atoms with Gasteiger partial charge >= 0.3 is 0 Å². The van der Waals surface area contributed by atoms with Crippen LogP contribution in [0.25, 0.3) is 0 Å². The fourth-order valence-electron chi connectivity index (χ4n) is 0.372. The normalized spacial score (nSPS) is 32.0. The Morgan fingerprint density at radius 2 is 0.778 bits per heavy atom. The fourth-order valence-corrected chi connectivity index (χ4v) is 7.59. The van der Waals surface area contributed by atoms with Crippen LogP contribution < -0.4 is 0 Å². The summed E-state index contributed by atoms with van der Waals surface area (Å²) in [6, 6.07) is 0. The first-order valence-electron chi connectivity index (χ1n) is 2.31. The van der Waals surface area contributed by atoms with Gasteiger partial charge in [-0.25, -0.2) is 0 Å². The molecule has 1 saturated heterocycles. The average Bonchev–Trinajstić information content (AvgIpc) is 1.62. The first kappa shape index (κ1) is 10.4. The molecule has 1 aliphatic rings. The molecular weight excluding hydrogens is 371 g/mol. The molecule has 0 unspecified atom stereocenters. The van der Waals surface area contributed by atoms with E-state index in [0.29, 0.717) is 0 Å². The number of rotatable bonds is 0. The monoisotopic (exact) mass is 379 g/mol. The third kappa shape index (κ3) is 5.82. The maximum Gasteiger partial charge on any atom is 0.286 e. The van der Waals surface area contributed by atoms with Gasteiger partial charge in [0.2, 0.25) is 0 Å². The maximum absolute atomic E-state index is 5.10. The molecule has 0 bridgehead atoms. The molecule has 0 atom stereocenters. The SMILES string of the molecule is O1[SiH2]O[SiH2]O[SiH2]O[SiH2]1.[Pt]. The molecule has 0 saturated carbocycles. The van der Waals surface area contributed by atoms with Crippen LogP contribution in [-0.4, -0.2) is 40.0 Å². The van der Waals surface area contributed by atoms with E-state index in [1.807, 2.05) is 0 Å². The first-order chi connectivity index (χ1) is 4.00. The maximum atomic E-state index is 5.10. The van der Waals surface area contributed by atoms with Crippen LogP contribution in [0.3, 0.4) is 0 Å². The van der Waals surface area contributed by atoms with Gasteiger partial charge in [-0.05, 0) is 0 Å². The standard InChI is InChI=1S/H8O4Si4.Pt/c1-5-2-7-4-8-3-6-1;/h5-8H2;. The Kier molecular flexibility index (Phi) is 8.67. The van der Waals surface area contributed by atoms with Crippen LogP contribution in [0.2, 0.25) is 0 Å². The Balaban J connectivity index is 0.000000640. The molecule has 0 radical (unpaired) electrons. The topological polar surface area (TPSA) is 36.9 Å². The van der Waals surface area contributed by atoms with E-state index in [1.54, 1.807) is 0 Å². The Morgan fingerprint density at radius 3 is 1.00 bits per heavy atom. The predicted octanol–water partition coefficient (Wildman–Crippen LogP) is -3.94. The summed E-state index contributed by atoms with van der Waals surface area (Å²) < 4.78 is 20.4. The van der Waals surface area contributed by atoms with Crippen LogP contribution in [0.15, 0.2) is 0 Å². The molecule has 0 aliphatic carbocycles. The molecular formula is H8O4PtSi4. The average molecular weight is 379 g/mol. The van der Waals surface area contributed by atoms with Crippen LogP contribution in [0, 0.1) is 0 Å². The number of hydrogen-bond donors (Lipinski definition) is 0. The molecule has 0 aromatic rings. The summed E-state index contributed by atoms with van der Waals surface area (Å²) >= 11 is 0. The molecule has 0 aromatic carbocycles. The molecule has 58 valence electrons. The minimum absolute atomic E-state index is 0. The zero-order chi connectivity index (χ0) is 5.66. The van der Waals surface area contributed by atoms with E-state index >= 15 is 0 Å². The quantitative estimate of drug-likeness (QED) is 0.403. The van der Waals surface area contributed by atoms with Crippen LogP contribution in [0.1, 0.15) is 0 Å². The van der Waals surface area contributed by atoms with Gasteiger partial charge in [-0.3, -0.25) is 0 Å². The van der Waals surface area contributed by atoms with Gasteiger partial charge in [0, 0.05) is 21.1 Å². The van der Waals surface area contributed by atoms with Crippen molar-refractivity contribution in [2.24, 2.45) is 0 Å². The summed E-state index contributed by atoms with van der Waals surface area (Å²) in [7, 11) is -2.61. The van der Waals surface area contributed by atoms with E-state index < -0.39 is 40.0 Å². The van der Waals surface area contributed by atoms with Gasteiger partial charge in [0.1, 0.15) is 0 Å². The molecule has 1 rings (SSSR count). The smallest absolute Gasteiger partial charge is 0.286 e. The molecule has 1 fully saturated rings. The van der Waals surface area contributed by atoms with Gasteiger partial charge in [0.25, 0.3) is 40.0 Å². The van der Waals surface area contributed by atoms with E-state index in [1.165, 1.54) is 0 Å². The second-order valence-electron chi connectivity index (χ2n) is 1.29. The summed E-state index contributed by atoms with van der Waals surface area (Å²) in [6.45, 7) is 0. The third-order valence-corrected chi connectivity index (χ3v) is 6.00. The molecule has 0 amide bonds. The van der Waals surface area contributed by atoms with Gasteiger partial charge in [-0.2, -0.15) is 0 Å². The Hall–Kier alpha value is 1.40. The van der Waals surface area contributed by atoms with Crippen LogP contribution in [0.4, 0.5) is 0 Å². The van der Waals surface area contributed by atoms with Crippen molar-refractivity contribution in [3.63, 3.8) is 0 Å². The molecule has 0 spiro atoms. The summed E-state index contributed by atoms with van der Waals surface area (Å²) in [5.41, 5.74) is 0. The van der Waals surface area contributed by atoms with E-state index in [2.05, 4.69) is 0 Å². The third-order valence-electron chi connectivity index (χ3n) is 0.667. The Morgan fingerprint density at radius 1 is 0.556 bits per heavy atom. The van der Waals surface area contributed by atoms with E-state index in [0.717, 1.165) is 0 Å². The van der Waals surface area contributed by atoms with Crippen molar-refractivity contribution >= 4 is 40.0 Å². The van der Waals surface area contributed by atoms with Crippen molar-refractivity contribution < 1.29 is 37.5 Å². The summed E-state index contributed by atoms with van der Waals surface area (Å²) in [5, 5.41) is 0. The van der Waals surface area contributed by atoms with Crippen molar-refractivity contribution in [1.82, 2.24) is 0 Å². The van der Waals surface area contributed by atoms with Gasteiger partial charge in [0.15, 0.2) is 0 Å². The van der Waals surface area contributed by atoms with Crippen molar-refractivity contribution in [3.8, 4) is 0 Å². The van der Waals surface area contributed by atoms with Crippen LogP contribution in [-0.2, 0) is 37.5 Å². The molecule has 9 heteroatoms. The van der Waals surface area contributed by atoms with Gasteiger partial charge in [-0.15, -0.1) is 0 Å². The van der Waals surface area contributed by atoms with Gasteiger partial charge < -0.3 is 16.5 Å². The van der Waals surface area contributed by atoms with Crippen LogP contribution in [0.5, 0.6) is 0 Å². The largest absolute Gasteiger partial charge is 0.425 e. The minimum atomic E-state index is -0.653. The van der Waals surface area contributed by atoms with Crippen LogP contribution >= 0.6 is 0 Å². The Labute approximate surface area is 77.5 Å². The predicted molar refractivity (Wildman–Crippen MR) is 38.5 cm³/mol. The second-order valence-corrected chi connectivity index (χ2v) is 8.76. The number of hydrogen-bond acceptors (Lipinski definition) is 4. The Bertz CT molecular complexity index is 36.5. The van der Waals surface area contributed by atoms with E-state index in [4.69, 9.17) is 16.5 Å². The molecule has 1 heterocycles. The zero-order valence-corrected chi connectivity index (χ0v) is 12.7. The zero-order valence-electron chi connectivity index (χ0n) is 4.78. The minimum Gasteiger partial charge on any atom is -0.425 e. The van der Waals surface area contributed by atoms with Crippen molar-refractivity contribution in [2.75, 3.05) is 0 Å². The van der Waals surface area contributed by atoms with Gasteiger partial charge in [-0.1, -0.05) is 0 Å². The molecule has 0 N–H and O–H groups in total. The first-order valence-corrected chi connectivity index (χ1v) is 6.93. The van der Waals surface area contributed by atoms with Crippen molar-refractivity contribution in [2.45, 2.75) is 0 Å². The molecule has 9 heavy (non-hydrogen) atoms. The van der Waals surface area contributed by atoms with Gasteiger partial charge in [0.05, 0.1) is 0 Å². The summed E-state index contributed by atoms with van der Waals surface area (Å²) in [6.07, 6.45) is 0. The van der Waals surface area contributed by atoms with E-state index in [9.17, 15) is 0 Å². The fraction of sp³-hybridized carbons (Fsp3) is 0. The molecule has 0 aromatic heterocycles. The summed E-state index contributed by atoms with van der Waals surface area (Å²) in [4.78, 5) is 0. The molecule has 4 nitrogen and oxygen atoms in total. The summed E-state index contributed by atoms with van der Waals surface area (Å²) in [5.74, 6) is 0.